The van der Waals surface area contributed by atoms with Crippen molar-refractivity contribution < 1.29 is 24.5 Å². The fourth-order valence-corrected chi connectivity index (χ4v) is 1.34. The molecule has 1 rings (SSSR count). The Morgan fingerprint density at radius 2 is 2.06 bits per heavy atom. The van der Waals surface area contributed by atoms with E-state index in [-0.39, 0.29) is 17.9 Å². The first kappa shape index (κ1) is 14.3. The van der Waals surface area contributed by atoms with Crippen LogP contribution in [0.2, 0.25) is 0 Å². The first-order valence-corrected chi connectivity index (χ1v) is 5.60. The molecule has 0 saturated carbocycles. The number of carboxylic acids is 1. The molecule has 0 heterocycles. The molecule has 0 saturated heterocycles. The smallest absolute Gasteiger partial charge is 0.339 e. The van der Waals surface area contributed by atoms with E-state index < -0.39 is 11.6 Å². The number of rotatable bonds is 6. The van der Waals surface area contributed by atoms with Crippen LogP contribution in [0.3, 0.4) is 0 Å². The van der Waals surface area contributed by atoms with E-state index in [1.54, 1.807) is 19.9 Å². The van der Waals surface area contributed by atoms with Crippen LogP contribution in [0.5, 0.6) is 11.5 Å². The molecule has 0 atom stereocenters. The van der Waals surface area contributed by atoms with Gasteiger partial charge in [-0.15, -0.1) is 0 Å². The monoisotopic (exact) mass is 254 g/mol. The summed E-state index contributed by atoms with van der Waals surface area (Å²) < 4.78 is 10.4. The summed E-state index contributed by atoms with van der Waals surface area (Å²) in [7, 11) is 1.50. The molecule has 0 aromatic heterocycles. The highest BCUT2D eigenvalue weighted by Crippen LogP contribution is 2.25. The highest BCUT2D eigenvalue weighted by molar-refractivity contribution is 5.91. The number of hydrogen-bond acceptors (Lipinski definition) is 4. The summed E-state index contributed by atoms with van der Waals surface area (Å²) in [5, 5.41) is 18.6. The molecule has 1 aromatic rings. The van der Waals surface area contributed by atoms with Gasteiger partial charge in [0.15, 0.2) is 0 Å². The standard InChI is InChI=1S/C13H18O5/c1-13(2,16)6-7-18-11-8-9(17-3)4-5-10(11)12(14)15/h4-5,8,16H,6-7H2,1-3H3,(H,14,15). The van der Waals surface area contributed by atoms with E-state index in [0.717, 1.165) is 0 Å². The minimum atomic E-state index is -1.06. The summed E-state index contributed by atoms with van der Waals surface area (Å²) in [6.45, 7) is 3.57. The second-order valence-electron chi connectivity index (χ2n) is 4.58. The van der Waals surface area contributed by atoms with Gasteiger partial charge in [-0.3, -0.25) is 0 Å². The van der Waals surface area contributed by atoms with Gasteiger partial charge < -0.3 is 19.7 Å². The van der Waals surface area contributed by atoms with Gasteiger partial charge in [-0.25, -0.2) is 4.79 Å². The van der Waals surface area contributed by atoms with Crippen LogP contribution >= 0.6 is 0 Å². The molecule has 0 unspecified atom stereocenters. The largest absolute Gasteiger partial charge is 0.497 e. The van der Waals surface area contributed by atoms with Crippen molar-refractivity contribution in [3.63, 3.8) is 0 Å². The molecule has 0 aliphatic carbocycles. The lowest BCUT2D eigenvalue weighted by Gasteiger charge is -2.17. The fraction of sp³-hybridized carbons (Fsp3) is 0.462. The van der Waals surface area contributed by atoms with Crippen molar-refractivity contribution in [1.82, 2.24) is 0 Å². The Kier molecular flexibility index (Phi) is 4.55. The van der Waals surface area contributed by atoms with Crippen molar-refractivity contribution in [1.29, 1.82) is 0 Å². The quantitative estimate of drug-likeness (QED) is 0.811. The number of ether oxygens (including phenoxy) is 2. The second-order valence-corrected chi connectivity index (χ2v) is 4.58. The zero-order valence-electron chi connectivity index (χ0n) is 10.8. The predicted molar refractivity (Wildman–Crippen MR) is 66.4 cm³/mol. The summed E-state index contributed by atoms with van der Waals surface area (Å²) in [5.74, 6) is -0.291. The van der Waals surface area contributed by atoms with Gasteiger partial charge in [0, 0.05) is 12.5 Å². The van der Waals surface area contributed by atoms with E-state index in [1.807, 2.05) is 0 Å². The molecule has 0 fully saturated rings. The minimum absolute atomic E-state index is 0.0755. The summed E-state index contributed by atoms with van der Waals surface area (Å²) in [4.78, 5) is 11.0. The van der Waals surface area contributed by atoms with Gasteiger partial charge in [-0.1, -0.05) is 0 Å². The molecule has 0 aliphatic heterocycles. The van der Waals surface area contributed by atoms with Crippen molar-refractivity contribution in [2.24, 2.45) is 0 Å². The predicted octanol–water partition coefficient (Wildman–Crippen LogP) is 1.93. The van der Waals surface area contributed by atoms with E-state index in [1.165, 1.54) is 19.2 Å². The van der Waals surface area contributed by atoms with Gasteiger partial charge in [0.25, 0.3) is 0 Å². The van der Waals surface area contributed by atoms with Gasteiger partial charge in [0.2, 0.25) is 0 Å². The average molecular weight is 254 g/mol. The Bertz CT molecular complexity index is 420. The third kappa shape index (κ3) is 4.25. The number of benzene rings is 1. The Morgan fingerprint density at radius 3 is 2.56 bits per heavy atom. The summed E-state index contributed by atoms with van der Waals surface area (Å²) in [6, 6.07) is 4.51. The van der Waals surface area contributed by atoms with E-state index >= 15 is 0 Å². The average Bonchev–Trinajstić information content (AvgIpc) is 2.26. The van der Waals surface area contributed by atoms with E-state index in [2.05, 4.69) is 0 Å². The van der Waals surface area contributed by atoms with Crippen LogP contribution in [-0.2, 0) is 0 Å². The summed E-state index contributed by atoms with van der Waals surface area (Å²) >= 11 is 0. The van der Waals surface area contributed by atoms with E-state index in [9.17, 15) is 9.90 Å². The number of hydrogen-bond donors (Lipinski definition) is 2. The molecular weight excluding hydrogens is 236 g/mol. The Labute approximate surface area is 106 Å². The summed E-state index contributed by atoms with van der Waals surface area (Å²) in [6.07, 6.45) is 0.406. The molecule has 0 radical (unpaired) electrons. The molecular formula is C13H18O5. The topological polar surface area (TPSA) is 76.0 Å². The first-order valence-electron chi connectivity index (χ1n) is 5.60. The maximum absolute atomic E-state index is 11.0. The lowest BCUT2D eigenvalue weighted by Crippen LogP contribution is -2.22. The molecule has 0 spiro atoms. The highest BCUT2D eigenvalue weighted by atomic mass is 16.5. The molecule has 18 heavy (non-hydrogen) atoms. The van der Waals surface area contributed by atoms with Crippen LogP contribution in [0.4, 0.5) is 0 Å². The summed E-state index contributed by atoms with van der Waals surface area (Å²) in [5.41, 5.74) is -0.769. The molecule has 2 N–H and O–H groups in total. The van der Waals surface area contributed by atoms with Crippen molar-refractivity contribution >= 4 is 5.97 Å². The van der Waals surface area contributed by atoms with Crippen LogP contribution in [0.25, 0.3) is 0 Å². The first-order chi connectivity index (χ1) is 8.33. The lowest BCUT2D eigenvalue weighted by atomic mass is 10.1. The lowest BCUT2D eigenvalue weighted by molar-refractivity contribution is 0.0548. The highest BCUT2D eigenvalue weighted by Gasteiger charge is 2.15. The molecule has 0 bridgehead atoms. The zero-order chi connectivity index (χ0) is 13.8. The molecule has 100 valence electrons. The fourth-order valence-electron chi connectivity index (χ4n) is 1.34. The minimum Gasteiger partial charge on any atom is -0.497 e. The van der Waals surface area contributed by atoms with Crippen molar-refractivity contribution in [2.45, 2.75) is 25.9 Å². The van der Waals surface area contributed by atoms with Crippen LogP contribution in [0.15, 0.2) is 18.2 Å². The van der Waals surface area contributed by atoms with Crippen LogP contribution < -0.4 is 9.47 Å². The number of carbonyl (C=O) groups is 1. The zero-order valence-corrected chi connectivity index (χ0v) is 10.8. The third-order valence-corrected chi connectivity index (χ3v) is 2.39. The molecule has 0 amide bonds. The van der Waals surface area contributed by atoms with Crippen molar-refractivity contribution in [3.8, 4) is 11.5 Å². The van der Waals surface area contributed by atoms with Gasteiger partial charge >= 0.3 is 5.97 Å². The van der Waals surface area contributed by atoms with Gasteiger partial charge in [-0.05, 0) is 26.0 Å². The van der Waals surface area contributed by atoms with Gasteiger partial charge in [0.1, 0.15) is 17.1 Å². The number of aromatic carboxylic acids is 1. The molecule has 0 aliphatic rings. The van der Waals surface area contributed by atoms with Crippen molar-refractivity contribution in [2.75, 3.05) is 13.7 Å². The Morgan fingerprint density at radius 1 is 1.39 bits per heavy atom. The number of methoxy groups -OCH3 is 1. The van der Waals surface area contributed by atoms with Crippen LogP contribution in [0, 0.1) is 0 Å². The Hall–Kier alpha value is -1.75. The maximum atomic E-state index is 11.0. The third-order valence-electron chi connectivity index (χ3n) is 2.39. The Balaban J connectivity index is 2.81. The normalized spacial score (nSPS) is 11.1. The second kappa shape index (κ2) is 5.73. The van der Waals surface area contributed by atoms with Gasteiger partial charge in [0.05, 0.1) is 19.3 Å². The molecule has 1 aromatic carbocycles. The van der Waals surface area contributed by atoms with Gasteiger partial charge in [-0.2, -0.15) is 0 Å². The SMILES string of the molecule is COc1ccc(C(=O)O)c(OCCC(C)(C)O)c1. The van der Waals surface area contributed by atoms with Crippen LogP contribution in [-0.4, -0.2) is 35.5 Å². The van der Waals surface area contributed by atoms with Crippen LogP contribution in [0.1, 0.15) is 30.6 Å². The van der Waals surface area contributed by atoms with E-state index in [0.29, 0.717) is 12.2 Å². The molecule has 5 nitrogen and oxygen atoms in total. The number of carboxylic acid groups (broad SMARTS) is 1. The van der Waals surface area contributed by atoms with Crippen molar-refractivity contribution in [3.05, 3.63) is 23.8 Å². The maximum Gasteiger partial charge on any atom is 0.339 e. The molecule has 5 heteroatoms. The number of aliphatic hydroxyl groups is 1. The van der Waals surface area contributed by atoms with E-state index in [4.69, 9.17) is 14.6 Å².